The van der Waals surface area contributed by atoms with E-state index in [4.69, 9.17) is 9.57 Å². The molecule has 0 aliphatic heterocycles. The summed E-state index contributed by atoms with van der Waals surface area (Å²) in [7, 11) is 1.63. The van der Waals surface area contributed by atoms with Gasteiger partial charge in [-0.25, -0.2) is 10.2 Å². The second-order valence-corrected chi connectivity index (χ2v) is 6.60. The number of hydrogen-bond acceptors (Lipinski definition) is 4. The molecule has 4 aromatic rings. The van der Waals surface area contributed by atoms with Gasteiger partial charge >= 0.3 is 0 Å². The van der Waals surface area contributed by atoms with Gasteiger partial charge in [0.25, 0.3) is 5.91 Å². The molecule has 0 unspecified atom stereocenters. The highest BCUT2D eigenvalue weighted by molar-refractivity contribution is 5.93. The molecule has 0 radical (unpaired) electrons. The number of carbonyl (C=O) groups excluding carboxylic acids is 1. The monoisotopic (exact) mass is 399 g/mol. The van der Waals surface area contributed by atoms with Crippen LogP contribution in [0.2, 0.25) is 0 Å². The largest absolute Gasteiger partial charge is 0.497 e. The maximum Gasteiger partial charge on any atom is 0.295 e. The van der Waals surface area contributed by atoms with Gasteiger partial charge in [0.15, 0.2) is 5.69 Å². The van der Waals surface area contributed by atoms with Crippen LogP contribution in [-0.2, 0) is 11.4 Å². The van der Waals surface area contributed by atoms with Crippen LogP contribution < -0.4 is 10.2 Å². The summed E-state index contributed by atoms with van der Waals surface area (Å²) in [6, 6.07) is 28.7. The summed E-state index contributed by atoms with van der Waals surface area (Å²) in [5.41, 5.74) is 6.26. The Kier molecular flexibility index (Phi) is 5.87. The van der Waals surface area contributed by atoms with Gasteiger partial charge in [-0.2, -0.15) is 5.10 Å². The molecule has 30 heavy (non-hydrogen) atoms. The highest BCUT2D eigenvalue weighted by Crippen LogP contribution is 2.26. The molecule has 0 spiro atoms. The Bertz CT molecular complexity index is 1110. The Balaban J connectivity index is 1.59. The van der Waals surface area contributed by atoms with Crippen molar-refractivity contribution in [2.75, 3.05) is 7.11 Å². The molecule has 150 valence electrons. The van der Waals surface area contributed by atoms with Crippen LogP contribution >= 0.6 is 0 Å². The van der Waals surface area contributed by atoms with Gasteiger partial charge in [-0.05, 0) is 48.0 Å². The van der Waals surface area contributed by atoms with Crippen LogP contribution in [0.4, 0.5) is 0 Å². The second-order valence-electron chi connectivity index (χ2n) is 6.60. The van der Waals surface area contributed by atoms with Crippen LogP contribution in [0.1, 0.15) is 16.1 Å². The molecule has 0 saturated heterocycles. The number of rotatable bonds is 7. The van der Waals surface area contributed by atoms with Gasteiger partial charge in [-0.1, -0.05) is 48.5 Å². The van der Waals surface area contributed by atoms with Crippen LogP contribution in [0.3, 0.4) is 0 Å². The summed E-state index contributed by atoms with van der Waals surface area (Å²) in [5.74, 6) is 0.354. The fraction of sp³-hybridized carbons (Fsp3) is 0.0833. The van der Waals surface area contributed by atoms with Gasteiger partial charge in [0.1, 0.15) is 5.75 Å². The number of aromatic nitrogens is 2. The van der Waals surface area contributed by atoms with Gasteiger partial charge in [0, 0.05) is 5.56 Å². The van der Waals surface area contributed by atoms with Crippen LogP contribution in [0, 0.1) is 0 Å². The zero-order valence-corrected chi connectivity index (χ0v) is 16.5. The summed E-state index contributed by atoms with van der Waals surface area (Å²) < 4.78 is 6.99. The van der Waals surface area contributed by atoms with Crippen molar-refractivity contribution in [3.05, 3.63) is 102 Å². The lowest BCUT2D eigenvalue weighted by Crippen LogP contribution is -2.24. The first kappa shape index (κ1) is 19.4. The SMILES string of the molecule is COc1ccc(-c2cc(C(=O)NOCc3ccccc3)nn2-c2ccccc2)cc1. The standard InChI is InChI=1S/C24H21N3O3/c1-29-21-14-12-19(13-15-21)23-16-22(25-27(23)20-10-6-3-7-11-20)24(28)26-30-17-18-8-4-2-5-9-18/h2-16H,17H2,1H3,(H,26,28). The molecule has 0 atom stereocenters. The fourth-order valence-electron chi connectivity index (χ4n) is 3.04. The Hall–Kier alpha value is -3.90. The predicted molar refractivity (Wildman–Crippen MR) is 114 cm³/mol. The van der Waals surface area contributed by atoms with Gasteiger partial charge in [-0.3, -0.25) is 9.63 Å². The third kappa shape index (κ3) is 4.39. The topological polar surface area (TPSA) is 65.4 Å². The zero-order valence-electron chi connectivity index (χ0n) is 16.5. The number of nitrogens with zero attached hydrogens (tertiary/aromatic N) is 2. The van der Waals surface area contributed by atoms with E-state index in [9.17, 15) is 4.79 Å². The molecule has 1 N–H and O–H groups in total. The zero-order chi connectivity index (χ0) is 20.8. The predicted octanol–water partition coefficient (Wildman–Crippen LogP) is 4.41. The molecule has 6 nitrogen and oxygen atoms in total. The van der Waals surface area contributed by atoms with E-state index in [2.05, 4.69) is 10.6 Å². The Labute approximate surface area is 174 Å². The van der Waals surface area contributed by atoms with Crippen LogP contribution in [-0.4, -0.2) is 22.8 Å². The number of methoxy groups -OCH3 is 1. The minimum absolute atomic E-state index is 0.262. The van der Waals surface area contributed by atoms with E-state index in [-0.39, 0.29) is 12.3 Å². The van der Waals surface area contributed by atoms with Crippen molar-refractivity contribution in [1.82, 2.24) is 15.3 Å². The minimum Gasteiger partial charge on any atom is -0.497 e. The quantitative estimate of drug-likeness (QED) is 0.468. The third-order valence-corrected chi connectivity index (χ3v) is 4.58. The number of nitrogens with one attached hydrogen (secondary N) is 1. The summed E-state index contributed by atoms with van der Waals surface area (Å²) >= 11 is 0. The average Bonchev–Trinajstić information content (AvgIpc) is 3.26. The van der Waals surface area contributed by atoms with Crippen LogP contribution in [0.25, 0.3) is 16.9 Å². The van der Waals surface area contributed by atoms with Crippen molar-refractivity contribution in [1.29, 1.82) is 0 Å². The van der Waals surface area contributed by atoms with E-state index in [1.165, 1.54) is 0 Å². The van der Waals surface area contributed by atoms with Gasteiger partial charge < -0.3 is 4.74 Å². The highest BCUT2D eigenvalue weighted by atomic mass is 16.6. The molecule has 1 aromatic heterocycles. The maximum absolute atomic E-state index is 12.6. The number of benzene rings is 3. The summed E-state index contributed by atoms with van der Waals surface area (Å²) in [6.45, 7) is 0.275. The van der Waals surface area contributed by atoms with Crippen molar-refractivity contribution in [3.63, 3.8) is 0 Å². The van der Waals surface area contributed by atoms with Crippen molar-refractivity contribution >= 4 is 5.91 Å². The van der Waals surface area contributed by atoms with Gasteiger partial charge in [0.2, 0.25) is 0 Å². The van der Waals surface area contributed by atoms with Crippen LogP contribution in [0.5, 0.6) is 5.75 Å². The molecular weight excluding hydrogens is 378 g/mol. The molecule has 0 aliphatic rings. The molecule has 1 amide bonds. The average molecular weight is 399 g/mol. The second kappa shape index (κ2) is 9.07. The van der Waals surface area contributed by atoms with Gasteiger partial charge in [0.05, 0.1) is 25.1 Å². The number of amides is 1. The molecule has 0 saturated carbocycles. The smallest absolute Gasteiger partial charge is 0.295 e. The first-order chi connectivity index (χ1) is 14.7. The lowest BCUT2D eigenvalue weighted by Gasteiger charge is -2.08. The lowest BCUT2D eigenvalue weighted by atomic mass is 10.1. The summed E-state index contributed by atoms with van der Waals surface area (Å²) in [4.78, 5) is 18.0. The third-order valence-electron chi connectivity index (χ3n) is 4.58. The van der Waals surface area contributed by atoms with Crippen LogP contribution in [0.15, 0.2) is 91.0 Å². The first-order valence-electron chi connectivity index (χ1n) is 9.50. The number of para-hydroxylation sites is 1. The first-order valence-corrected chi connectivity index (χ1v) is 9.50. The number of carbonyl (C=O) groups is 1. The highest BCUT2D eigenvalue weighted by Gasteiger charge is 2.17. The minimum atomic E-state index is -0.407. The summed E-state index contributed by atoms with van der Waals surface area (Å²) in [6.07, 6.45) is 0. The Morgan fingerprint density at radius 2 is 1.60 bits per heavy atom. The Morgan fingerprint density at radius 1 is 0.933 bits per heavy atom. The van der Waals surface area contributed by atoms with Crippen molar-refractivity contribution in [2.45, 2.75) is 6.61 Å². The molecule has 4 rings (SSSR count). The molecule has 0 aliphatic carbocycles. The van der Waals surface area contributed by atoms with E-state index >= 15 is 0 Å². The molecule has 0 fully saturated rings. The molecular formula is C24H21N3O3. The number of ether oxygens (including phenoxy) is 1. The van der Waals surface area contributed by atoms with E-state index in [0.717, 1.165) is 28.3 Å². The van der Waals surface area contributed by atoms with E-state index in [1.54, 1.807) is 17.9 Å². The van der Waals surface area contributed by atoms with E-state index < -0.39 is 5.91 Å². The molecule has 1 heterocycles. The van der Waals surface area contributed by atoms with Crippen molar-refractivity contribution in [2.24, 2.45) is 0 Å². The number of hydrogen-bond donors (Lipinski definition) is 1. The normalized spacial score (nSPS) is 10.6. The maximum atomic E-state index is 12.6. The molecule has 6 heteroatoms. The van der Waals surface area contributed by atoms with E-state index in [1.807, 2.05) is 84.9 Å². The Morgan fingerprint density at radius 3 is 2.27 bits per heavy atom. The lowest BCUT2D eigenvalue weighted by molar-refractivity contribution is 0.0229. The van der Waals surface area contributed by atoms with Gasteiger partial charge in [-0.15, -0.1) is 0 Å². The summed E-state index contributed by atoms with van der Waals surface area (Å²) in [5, 5.41) is 4.52. The molecule has 3 aromatic carbocycles. The van der Waals surface area contributed by atoms with E-state index in [0.29, 0.717) is 0 Å². The van der Waals surface area contributed by atoms with Crippen molar-refractivity contribution in [3.8, 4) is 22.7 Å². The van der Waals surface area contributed by atoms with Crippen molar-refractivity contribution < 1.29 is 14.4 Å². The fourth-order valence-corrected chi connectivity index (χ4v) is 3.04. The molecule has 0 bridgehead atoms. The number of hydroxylamine groups is 1.